The Bertz CT molecular complexity index is 978. The van der Waals surface area contributed by atoms with Gasteiger partial charge < -0.3 is 15.1 Å². The average Bonchev–Trinajstić information content (AvgIpc) is 2.75. The molecule has 8 heteroatoms. The average molecular weight is 444 g/mol. The van der Waals surface area contributed by atoms with Gasteiger partial charge in [-0.3, -0.25) is 14.4 Å². The fourth-order valence-corrected chi connectivity index (χ4v) is 5.11. The van der Waals surface area contributed by atoms with Crippen molar-refractivity contribution in [3.05, 3.63) is 53.6 Å². The van der Waals surface area contributed by atoms with Gasteiger partial charge in [0.25, 0.3) is 5.91 Å². The molecule has 1 fully saturated rings. The minimum Gasteiger partial charge on any atom is -0.341 e. The number of anilines is 2. The molecule has 0 spiro atoms. The van der Waals surface area contributed by atoms with Gasteiger partial charge in [-0.15, -0.1) is 11.8 Å². The molecule has 2 aromatic carbocycles. The van der Waals surface area contributed by atoms with Gasteiger partial charge in [0.2, 0.25) is 11.8 Å². The fraction of sp³-hybridized carbons (Fsp3) is 0.318. The number of nitrogens with zero attached hydrogens (tertiary/aromatic N) is 2. The lowest BCUT2D eigenvalue weighted by molar-refractivity contribution is -0.135. The van der Waals surface area contributed by atoms with E-state index < -0.39 is 5.25 Å². The number of amides is 3. The molecule has 1 saturated heterocycles. The van der Waals surface area contributed by atoms with Gasteiger partial charge in [0.1, 0.15) is 6.54 Å². The van der Waals surface area contributed by atoms with Crippen LogP contribution in [0.3, 0.4) is 0 Å². The number of nitrogens with one attached hydrogen (secondary N) is 1. The minimum absolute atomic E-state index is 0.167. The Balaban J connectivity index is 1.55. The summed E-state index contributed by atoms with van der Waals surface area (Å²) < 4.78 is 0. The molecule has 0 unspecified atom stereocenters. The zero-order valence-electron chi connectivity index (χ0n) is 16.3. The van der Waals surface area contributed by atoms with Gasteiger partial charge in [0, 0.05) is 28.7 Å². The number of para-hydroxylation sites is 1. The number of rotatable bonds is 4. The Morgan fingerprint density at radius 3 is 2.60 bits per heavy atom. The van der Waals surface area contributed by atoms with E-state index in [1.54, 1.807) is 35.2 Å². The topological polar surface area (TPSA) is 69.7 Å². The van der Waals surface area contributed by atoms with Crippen LogP contribution < -0.4 is 10.2 Å². The molecule has 0 aromatic heterocycles. The maximum Gasteiger partial charge on any atom is 0.250 e. The Morgan fingerprint density at radius 2 is 1.83 bits per heavy atom. The van der Waals surface area contributed by atoms with Crippen LogP contribution in [0.25, 0.3) is 0 Å². The molecule has 0 saturated carbocycles. The standard InChI is InChI=1S/C22H22ClN3O3S/c23-15-7-6-8-16(13-15)24-19(27)14-26-17-9-2-3-10-18(17)30-20(22(26)29)21(28)25-11-4-1-5-12-25/h2-3,6-10,13,20H,1,4-5,11-12,14H2,(H,24,27)/t20-/m0/s1. The summed E-state index contributed by atoms with van der Waals surface area (Å²) in [6.45, 7) is 1.19. The zero-order chi connectivity index (χ0) is 21.1. The summed E-state index contributed by atoms with van der Waals surface area (Å²) in [5, 5.41) is 2.42. The van der Waals surface area contributed by atoms with E-state index >= 15 is 0 Å². The van der Waals surface area contributed by atoms with E-state index in [0.717, 1.165) is 24.2 Å². The molecule has 0 radical (unpaired) electrons. The van der Waals surface area contributed by atoms with Gasteiger partial charge in [-0.1, -0.05) is 29.8 Å². The third-order valence-electron chi connectivity index (χ3n) is 5.19. The first-order valence-electron chi connectivity index (χ1n) is 9.94. The summed E-state index contributed by atoms with van der Waals surface area (Å²) >= 11 is 7.25. The molecule has 6 nitrogen and oxygen atoms in total. The van der Waals surface area contributed by atoms with E-state index in [1.807, 2.05) is 18.2 Å². The van der Waals surface area contributed by atoms with Crippen molar-refractivity contribution in [2.75, 3.05) is 29.9 Å². The molecule has 1 atom stereocenters. The van der Waals surface area contributed by atoms with Crippen LogP contribution in [-0.4, -0.2) is 47.5 Å². The zero-order valence-corrected chi connectivity index (χ0v) is 17.9. The first kappa shape index (κ1) is 20.8. The second-order valence-electron chi connectivity index (χ2n) is 7.33. The number of halogens is 1. The lowest BCUT2D eigenvalue weighted by atomic mass is 10.1. The highest BCUT2D eigenvalue weighted by Crippen LogP contribution is 2.40. The molecular formula is C22H22ClN3O3S. The SMILES string of the molecule is O=C(CN1C(=O)[C@H](C(=O)N2CCCCC2)Sc2ccccc21)Nc1cccc(Cl)c1. The Hall–Kier alpha value is -2.51. The van der Waals surface area contributed by atoms with Crippen LogP contribution in [0.5, 0.6) is 0 Å². The van der Waals surface area contributed by atoms with Crippen LogP contribution in [-0.2, 0) is 14.4 Å². The van der Waals surface area contributed by atoms with Gasteiger partial charge in [-0.25, -0.2) is 0 Å². The third-order valence-corrected chi connectivity index (χ3v) is 6.67. The van der Waals surface area contributed by atoms with Gasteiger partial charge in [0.15, 0.2) is 5.25 Å². The fourth-order valence-electron chi connectivity index (χ4n) is 3.73. The molecule has 156 valence electrons. The summed E-state index contributed by atoms with van der Waals surface area (Å²) in [5.74, 6) is -0.869. The highest BCUT2D eigenvalue weighted by Gasteiger charge is 2.40. The molecule has 2 aromatic rings. The summed E-state index contributed by atoms with van der Waals surface area (Å²) in [4.78, 5) is 43.0. The Morgan fingerprint density at radius 1 is 1.07 bits per heavy atom. The van der Waals surface area contributed by atoms with E-state index in [2.05, 4.69) is 5.32 Å². The van der Waals surface area contributed by atoms with Crippen LogP contribution >= 0.6 is 23.4 Å². The monoisotopic (exact) mass is 443 g/mol. The van der Waals surface area contributed by atoms with Crippen molar-refractivity contribution in [3.63, 3.8) is 0 Å². The van der Waals surface area contributed by atoms with Crippen molar-refractivity contribution >= 4 is 52.5 Å². The number of piperidine rings is 1. The van der Waals surface area contributed by atoms with Crippen LogP contribution in [0.2, 0.25) is 5.02 Å². The van der Waals surface area contributed by atoms with Crippen molar-refractivity contribution in [2.45, 2.75) is 29.4 Å². The first-order chi connectivity index (χ1) is 14.5. The largest absolute Gasteiger partial charge is 0.341 e. The van der Waals surface area contributed by atoms with Crippen molar-refractivity contribution in [3.8, 4) is 0 Å². The molecule has 2 aliphatic rings. The van der Waals surface area contributed by atoms with Gasteiger partial charge in [-0.2, -0.15) is 0 Å². The number of carbonyl (C=O) groups is 3. The highest BCUT2D eigenvalue weighted by atomic mass is 35.5. The predicted octanol–water partition coefficient (Wildman–Crippen LogP) is 3.80. The summed E-state index contributed by atoms with van der Waals surface area (Å²) in [6, 6.07) is 14.2. The minimum atomic E-state index is -0.864. The Labute approximate surface area is 184 Å². The maximum absolute atomic E-state index is 13.3. The number of benzene rings is 2. The summed E-state index contributed by atoms with van der Waals surface area (Å²) in [5.41, 5.74) is 1.21. The number of thioether (sulfide) groups is 1. The second kappa shape index (κ2) is 9.10. The number of fused-ring (bicyclic) bond motifs is 1. The summed E-state index contributed by atoms with van der Waals surface area (Å²) in [7, 11) is 0. The number of hydrogen-bond acceptors (Lipinski definition) is 4. The smallest absolute Gasteiger partial charge is 0.250 e. The van der Waals surface area contributed by atoms with Crippen LogP contribution in [0.1, 0.15) is 19.3 Å². The van der Waals surface area contributed by atoms with E-state index in [1.165, 1.54) is 16.7 Å². The van der Waals surface area contributed by atoms with Crippen molar-refractivity contribution in [1.29, 1.82) is 0 Å². The molecule has 2 aliphatic heterocycles. The van der Waals surface area contributed by atoms with Crippen LogP contribution in [0.4, 0.5) is 11.4 Å². The number of hydrogen-bond donors (Lipinski definition) is 1. The summed E-state index contributed by atoms with van der Waals surface area (Å²) in [6.07, 6.45) is 3.02. The molecule has 0 aliphatic carbocycles. The molecule has 1 N–H and O–H groups in total. The van der Waals surface area contributed by atoms with Crippen LogP contribution in [0.15, 0.2) is 53.4 Å². The van der Waals surface area contributed by atoms with E-state index in [-0.39, 0.29) is 24.3 Å². The van der Waals surface area contributed by atoms with Gasteiger partial charge in [0.05, 0.1) is 5.69 Å². The molecule has 30 heavy (non-hydrogen) atoms. The van der Waals surface area contributed by atoms with E-state index in [4.69, 9.17) is 11.6 Å². The normalized spacial score (nSPS) is 18.7. The second-order valence-corrected chi connectivity index (χ2v) is 8.92. The lowest BCUT2D eigenvalue weighted by Crippen LogP contribution is -2.52. The lowest BCUT2D eigenvalue weighted by Gasteiger charge is -2.36. The number of carbonyl (C=O) groups excluding carboxylic acids is 3. The molecule has 4 rings (SSSR count). The molecule has 0 bridgehead atoms. The quantitative estimate of drug-likeness (QED) is 0.730. The van der Waals surface area contributed by atoms with Crippen LogP contribution in [0, 0.1) is 0 Å². The van der Waals surface area contributed by atoms with Crippen molar-refractivity contribution in [1.82, 2.24) is 4.90 Å². The highest BCUT2D eigenvalue weighted by molar-refractivity contribution is 8.01. The Kier molecular flexibility index (Phi) is 6.29. The van der Waals surface area contributed by atoms with Gasteiger partial charge in [-0.05, 0) is 49.6 Å². The van der Waals surface area contributed by atoms with Gasteiger partial charge >= 0.3 is 0 Å². The molecule has 3 amide bonds. The third kappa shape index (κ3) is 4.47. The number of likely N-dealkylation sites (tertiary alicyclic amines) is 1. The van der Waals surface area contributed by atoms with E-state index in [9.17, 15) is 14.4 Å². The molecular weight excluding hydrogens is 422 g/mol. The maximum atomic E-state index is 13.3. The first-order valence-corrected chi connectivity index (χ1v) is 11.2. The van der Waals surface area contributed by atoms with Crippen molar-refractivity contribution in [2.24, 2.45) is 0 Å². The molecule has 2 heterocycles. The van der Waals surface area contributed by atoms with Crippen molar-refractivity contribution < 1.29 is 14.4 Å². The van der Waals surface area contributed by atoms with E-state index in [0.29, 0.717) is 29.5 Å². The predicted molar refractivity (Wildman–Crippen MR) is 119 cm³/mol.